The van der Waals surface area contributed by atoms with E-state index in [9.17, 15) is 9.50 Å². The minimum absolute atomic E-state index is 0.0197. The SMILES string of the molecule is Nc1c(F)ccc2scc(O)c12. The highest BCUT2D eigenvalue weighted by molar-refractivity contribution is 7.17. The molecule has 0 unspecified atom stereocenters. The van der Waals surface area contributed by atoms with Gasteiger partial charge in [0.05, 0.1) is 11.1 Å². The number of benzene rings is 1. The van der Waals surface area contributed by atoms with E-state index in [1.165, 1.54) is 17.4 Å². The maximum atomic E-state index is 12.9. The number of hydrogen-bond acceptors (Lipinski definition) is 3. The molecule has 0 spiro atoms. The van der Waals surface area contributed by atoms with E-state index >= 15 is 0 Å². The van der Waals surface area contributed by atoms with Gasteiger partial charge in [0.15, 0.2) is 0 Å². The van der Waals surface area contributed by atoms with Crippen molar-refractivity contribution >= 4 is 27.1 Å². The predicted molar refractivity (Wildman–Crippen MR) is 47.9 cm³/mol. The Morgan fingerprint density at radius 1 is 1.42 bits per heavy atom. The number of halogens is 1. The van der Waals surface area contributed by atoms with Gasteiger partial charge in [0.25, 0.3) is 0 Å². The largest absolute Gasteiger partial charge is 0.506 e. The van der Waals surface area contributed by atoms with E-state index in [-0.39, 0.29) is 11.4 Å². The molecule has 1 aromatic heterocycles. The molecule has 2 nitrogen and oxygen atoms in total. The number of aromatic hydroxyl groups is 1. The zero-order valence-corrected chi connectivity index (χ0v) is 6.86. The molecule has 0 amide bonds. The third-order valence-electron chi connectivity index (χ3n) is 1.71. The van der Waals surface area contributed by atoms with E-state index in [0.29, 0.717) is 5.39 Å². The lowest BCUT2D eigenvalue weighted by Gasteiger charge is -1.97. The van der Waals surface area contributed by atoms with Gasteiger partial charge in [-0.15, -0.1) is 11.3 Å². The first-order valence-corrected chi connectivity index (χ1v) is 4.22. The van der Waals surface area contributed by atoms with Gasteiger partial charge in [0.2, 0.25) is 0 Å². The minimum Gasteiger partial charge on any atom is -0.506 e. The van der Waals surface area contributed by atoms with Crippen LogP contribution in [0.15, 0.2) is 17.5 Å². The highest BCUT2D eigenvalue weighted by Gasteiger charge is 2.09. The summed E-state index contributed by atoms with van der Waals surface area (Å²) in [6.07, 6.45) is 0. The van der Waals surface area contributed by atoms with Crippen LogP contribution in [0.1, 0.15) is 0 Å². The number of anilines is 1. The lowest BCUT2D eigenvalue weighted by Crippen LogP contribution is -1.89. The maximum absolute atomic E-state index is 12.9. The molecule has 0 bridgehead atoms. The van der Waals surface area contributed by atoms with E-state index in [0.717, 1.165) is 4.70 Å². The number of hydrogen-bond donors (Lipinski definition) is 2. The van der Waals surface area contributed by atoms with E-state index in [4.69, 9.17) is 5.73 Å². The van der Waals surface area contributed by atoms with E-state index in [2.05, 4.69) is 0 Å². The summed E-state index contributed by atoms with van der Waals surface area (Å²) in [6, 6.07) is 2.90. The molecular weight excluding hydrogens is 177 g/mol. The van der Waals surface area contributed by atoms with Crippen LogP contribution in [0.5, 0.6) is 5.75 Å². The van der Waals surface area contributed by atoms with Gasteiger partial charge in [-0.25, -0.2) is 4.39 Å². The Hall–Kier alpha value is -1.29. The van der Waals surface area contributed by atoms with Crippen molar-refractivity contribution in [1.29, 1.82) is 0 Å². The zero-order chi connectivity index (χ0) is 8.72. The number of nitrogen functional groups attached to an aromatic ring is 1. The molecule has 0 aliphatic heterocycles. The quantitative estimate of drug-likeness (QED) is 0.616. The van der Waals surface area contributed by atoms with Crippen LogP contribution in [-0.2, 0) is 0 Å². The highest BCUT2D eigenvalue weighted by Crippen LogP contribution is 2.36. The molecule has 0 aliphatic carbocycles. The van der Waals surface area contributed by atoms with Gasteiger partial charge in [-0.2, -0.15) is 0 Å². The third kappa shape index (κ3) is 0.848. The number of rotatable bonds is 0. The van der Waals surface area contributed by atoms with Crippen molar-refractivity contribution in [2.75, 3.05) is 5.73 Å². The van der Waals surface area contributed by atoms with Crippen LogP contribution in [-0.4, -0.2) is 5.11 Å². The highest BCUT2D eigenvalue weighted by atomic mass is 32.1. The molecule has 4 heteroatoms. The molecule has 0 fully saturated rings. The smallest absolute Gasteiger partial charge is 0.146 e. The molecule has 0 saturated carbocycles. The molecule has 0 aliphatic rings. The lowest BCUT2D eigenvalue weighted by atomic mass is 10.2. The first-order chi connectivity index (χ1) is 5.70. The first kappa shape index (κ1) is 7.36. The van der Waals surface area contributed by atoms with Gasteiger partial charge in [-0.1, -0.05) is 0 Å². The Morgan fingerprint density at radius 2 is 2.17 bits per heavy atom. The maximum Gasteiger partial charge on any atom is 0.146 e. The van der Waals surface area contributed by atoms with E-state index in [1.54, 1.807) is 11.4 Å². The van der Waals surface area contributed by atoms with Crippen molar-refractivity contribution in [3.8, 4) is 5.75 Å². The van der Waals surface area contributed by atoms with Gasteiger partial charge in [0.1, 0.15) is 11.6 Å². The lowest BCUT2D eigenvalue weighted by molar-refractivity contribution is 0.483. The average Bonchev–Trinajstić information content (AvgIpc) is 2.41. The summed E-state index contributed by atoms with van der Waals surface area (Å²) in [4.78, 5) is 0. The van der Waals surface area contributed by atoms with Gasteiger partial charge in [-0.05, 0) is 12.1 Å². The van der Waals surface area contributed by atoms with Crippen molar-refractivity contribution in [3.63, 3.8) is 0 Å². The first-order valence-electron chi connectivity index (χ1n) is 3.34. The molecule has 0 saturated heterocycles. The second-order valence-corrected chi connectivity index (χ2v) is 3.37. The molecule has 1 aromatic carbocycles. The molecule has 2 rings (SSSR count). The van der Waals surface area contributed by atoms with Crippen LogP contribution < -0.4 is 5.73 Å². The fourth-order valence-electron chi connectivity index (χ4n) is 1.11. The number of thiophene rings is 1. The normalized spacial score (nSPS) is 10.8. The standard InChI is InChI=1S/C8H6FNOS/c9-4-1-2-6-7(8(4)10)5(11)3-12-6/h1-3,11H,10H2. The van der Waals surface area contributed by atoms with Gasteiger partial charge >= 0.3 is 0 Å². The van der Waals surface area contributed by atoms with Crippen LogP contribution in [0.25, 0.3) is 10.1 Å². The van der Waals surface area contributed by atoms with Crippen molar-refractivity contribution in [2.24, 2.45) is 0 Å². The molecule has 0 atom stereocenters. The summed E-state index contributed by atoms with van der Waals surface area (Å²) in [6.45, 7) is 0. The molecule has 2 aromatic rings. The summed E-state index contributed by atoms with van der Waals surface area (Å²) < 4.78 is 13.7. The Labute approximate surface area is 72.1 Å². The number of fused-ring (bicyclic) bond motifs is 1. The van der Waals surface area contributed by atoms with Crippen LogP contribution in [0, 0.1) is 5.82 Å². The molecule has 3 N–H and O–H groups in total. The minimum atomic E-state index is -0.490. The van der Waals surface area contributed by atoms with E-state index in [1.807, 2.05) is 0 Å². The van der Waals surface area contributed by atoms with Gasteiger partial charge in [-0.3, -0.25) is 0 Å². The summed E-state index contributed by atoms with van der Waals surface area (Å²) in [5.74, 6) is -0.441. The Morgan fingerprint density at radius 3 is 2.92 bits per heavy atom. The summed E-state index contributed by atoms with van der Waals surface area (Å²) in [7, 11) is 0. The molecule has 12 heavy (non-hydrogen) atoms. The second kappa shape index (κ2) is 2.35. The molecular formula is C8H6FNOS. The molecule has 62 valence electrons. The van der Waals surface area contributed by atoms with E-state index < -0.39 is 5.82 Å². The third-order valence-corrected chi connectivity index (χ3v) is 2.64. The number of nitrogens with two attached hydrogens (primary N) is 1. The van der Waals surface area contributed by atoms with Gasteiger partial charge < -0.3 is 10.8 Å². The second-order valence-electron chi connectivity index (χ2n) is 2.46. The van der Waals surface area contributed by atoms with Crippen LogP contribution in [0.2, 0.25) is 0 Å². The molecule has 1 heterocycles. The van der Waals surface area contributed by atoms with Crippen LogP contribution >= 0.6 is 11.3 Å². The van der Waals surface area contributed by atoms with Crippen LogP contribution in [0.3, 0.4) is 0 Å². The summed E-state index contributed by atoms with van der Waals surface area (Å²) >= 11 is 1.34. The Balaban J connectivity index is 2.96. The Kier molecular flexibility index (Phi) is 1.44. The fourth-order valence-corrected chi connectivity index (χ4v) is 1.95. The zero-order valence-electron chi connectivity index (χ0n) is 6.04. The Bertz CT molecular complexity index is 438. The topological polar surface area (TPSA) is 46.2 Å². The summed E-state index contributed by atoms with van der Waals surface area (Å²) in [5.41, 5.74) is 5.45. The van der Waals surface area contributed by atoms with Crippen molar-refractivity contribution in [2.45, 2.75) is 0 Å². The van der Waals surface area contributed by atoms with Crippen molar-refractivity contribution in [3.05, 3.63) is 23.3 Å². The average molecular weight is 183 g/mol. The fraction of sp³-hybridized carbons (Fsp3) is 0. The predicted octanol–water partition coefficient (Wildman–Crippen LogP) is 2.33. The van der Waals surface area contributed by atoms with Crippen molar-refractivity contribution in [1.82, 2.24) is 0 Å². The monoisotopic (exact) mass is 183 g/mol. The van der Waals surface area contributed by atoms with Crippen molar-refractivity contribution < 1.29 is 9.50 Å². The van der Waals surface area contributed by atoms with Crippen LogP contribution in [0.4, 0.5) is 10.1 Å². The van der Waals surface area contributed by atoms with Gasteiger partial charge in [0, 0.05) is 10.1 Å². The summed E-state index contributed by atoms with van der Waals surface area (Å²) in [5, 5.41) is 11.2. The molecule has 0 radical (unpaired) electrons.